The first-order valence-corrected chi connectivity index (χ1v) is 11.7. The highest BCUT2D eigenvalue weighted by atomic mass is 16.2. The van der Waals surface area contributed by atoms with Crippen LogP contribution in [0.2, 0.25) is 0 Å². The summed E-state index contributed by atoms with van der Waals surface area (Å²) in [5, 5.41) is 5.78. The summed E-state index contributed by atoms with van der Waals surface area (Å²) in [5.74, 6) is 0.416. The van der Waals surface area contributed by atoms with Gasteiger partial charge in [0.15, 0.2) is 0 Å². The maximum atomic E-state index is 13.1. The number of likely N-dealkylation sites (tertiary alicyclic amines) is 1. The van der Waals surface area contributed by atoms with Gasteiger partial charge in [-0.05, 0) is 49.4 Å². The van der Waals surface area contributed by atoms with Crippen LogP contribution in [0.1, 0.15) is 60.5 Å². The summed E-state index contributed by atoms with van der Waals surface area (Å²) in [6, 6.07) is 12.9. The maximum absolute atomic E-state index is 13.1. The average molecular weight is 435 g/mol. The van der Waals surface area contributed by atoms with Crippen molar-refractivity contribution in [3.63, 3.8) is 0 Å². The van der Waals surface area contributed by atoms with Crippen molar-refractivity contribution < 1.29 is 9.59 Å². The molecule has 2 aromatic rings. The van der Waals surface area contributed by atoms with Crippen molar-refractivity contribution in [3.8, 4) is 0 Å². The fraction of sp³-hybridized carbons (Fsp3) is 0.480. The zero-order chi connectivity index (χ0) is 22.1. The molecule has 2 aliphatic heterocycles. The molecule has 7 nitrogen and oxygen atoms in total. The van der Waals surface area contributed by atoms with Crippen molar-refractivity contribution in [2.75, 3.05) is 18.4 Å². The Hall–Kier alpha value is -3.09. The van der Waals surface area contributed by atoms with Crippen LogP contribution in [0.5, 0.6) is 0 Å². The Kier molecular flexibility index (Phi) is 5.72. The minimum atomic E-state index is -0.301. The van der Waals surface area contributed by atoms with Gasteiger partial charge in [0.25, 0.3) is 11.5 Å². The Morgan fingerprint density at radius 1 is 0.906 bits per heavy atom. The Bertz CT molecular complexity index is 1060. The van der Waals surface area contributed by atoms with Crippen LogP contribution >= 0.6 is 0 Å². The van der Waals surface area contributed by atoms with Crippen molar-refractivity contribution >= 4 is 17.6 Å². The van der Waals surface area contributed by atoms with Crippen molar-refractivity contribution in [2.45, 2.75) is 57.0 Å². The number of carbonyl (C=O) groups excluding carboxylic acids is 2. The number of aromatic nitrogens is 1. The zero-order valence-corrected chi connectivity index (χ0v) is 18.3. The van der Waals surface area contributed by atoms with Gasteiger partial charge >= 0.3 is 6.03 Å². The third-order valence-corrected chi connectivity index (χ3v) is 7.10. The average Bonchev–Trinajstić information content (AvgIpc) is 2.82. The quantitative estimate of drug-likeness (QED) is 0.775. The third kappa shape index (κ3) is 4.16. The van der Waals surface area contributed by atoms with E-state index in [1.165, 1.54) is 6.42 Å². The molecule has 2 fully saturated rings. The van der Waals surface area contributed by atoms with E-state index in [2.05, 4.69) is 10.6 Å². The van der Waals surface area contributed by atoms with Crippen LogP contribution < -0.4 is 16.2 Å². The molecule has 1 aromatic heterocycles. The SMILES string of the molecule is O=C(Nc1ccc2n(c1=O)C[C@H]1C[C@@H]2CN(C(=O)c2ccccc2)C1)NC1CCCCC1. The van der Waals surface area contributed by atoms with Gasteiger partial charge in [0, 0.05) is 42.9 Å². The van der Waals surface area contributed by atoms with E-state index in [1.54, 1.807) is 10.6 Å². The Balaban J connectivity index is 1.30. The summed E-state index contributed by atoms with van der Waals surface area (Å²) >= 11 is 0. The molecule has 2 bridgehead atoms. The Morgan fingerprint density at radius 3 is 2.47 bits per heavy atom. The first-order valence-electron chi connectivity index (χ1n) is 11.7. The minimum absolute atomic E-state index is 0.0498. The van der Waals surface area contributed by atoms with Gasteiger partial charge in [-0.1, -0.05) is 37.5 Å². The second-order valence-corrected chi connectivity index (χ2v) is 9.40. The molecule has 3 aliphatic rings. The number of carbonyl (C=O) groups is 2. The van der Waals surface area contributed by atoms with Crippen LogP contribution in [-0.4, -0.2) is 40.5 Å². The van der Waals surface area contributed by atoms with Crippen molar-refractivity contribution in [1.82, 2.24) is 14.8 Å². The van der Waals surface area contributed by atoms with Gasteiger partial charge in [-0.2, -0.15) is 0 Å². The lowest BCUT2D eigenvalue weighted by molar-refractivity contribution is 0.0594. The molecular formula is C25H30N4O3. The smallest absolute Gasteiger partial charge is 0.319 e. The molecule has 168 valence electrons. The summed E-state index contributed by atoms with van der Waals surface area (Å²) in [4.78, 5) is 40.5. The molecule has 1 aromatic carbocycles. The number of piperidine rings is 1. The highest BCUT2D eigenvalue weighted by Crippen LogP contribution is 2.36. The van der Waals surface area contributed by atoms with Crippen LogP contribution in [0.25, 0.3) is 0 Å². The lowest BCUT2D eigenvalue weighted by atomic mass is 9.83. The first kappa shape index (κ1) is 20.8. The summed E-state index contributed by atoms with van der Waals surface area (Å²) in [7, 11) is 0. The molecule has 2 atom stereocenters. The van der Waals surface area contributed by atoms with Crippen LogP contribution in [-0.2, 0) is 6.54 Å². The van der Waals surface area contributed by atoms with Gasteiger partial charge < -0.3 is 20.1 Å². The molecule has 1 saturated heterocycles. The monoisotopic (exact) mass is 434 g/mol. The van der Waals surface area contributed by atoms with Crippen LogP contribution in [0.4, 0.5) is 10.5 Å². The number of rotatable bonds is 3. The van der Waals surface area contributed by atoms with E-state index in [0.29, 0.717) is 30.9 Å². The third-order valence-electron chi connectivity index (χ3n) is 7.10. The molecule has 0 spiro atoms. The normalized spacial score (nSPS) is 22.7. The Morgan fingerprint density at radius 2 is 1.69 bits per heavy atom. The van der Waals surface area contributed by atoms with Crippen molar-refractivity contribution in [3.05, 3.63) is 64.1 Å². The number of urea groups is 1. The van der Waals surface area contributed by atoms with E-state index < -0.39 is 0 Å². The molecule has 0 unspecified atom stereocenters. The molecule has 2 N–H and O–H groups in total. The predicted molar refractivity (Wildman–Crippen MR) is 123 cm³/mol. The van der Waals surface area contributed by atoms with Crippen LogP contribution in [0, 0.1) is 5.92 Å². The molecule has 0 radical (unpaired) electrons. The lowest BCUT2D eigenvalue weighted by Crippen LogP contribution is -2.49. The van der Waals surface area contributed by atoms with Gasteiger partial charge in [0.05, 0.1) is 0 Å². The zero-order valence-electron chi connectivity index (χ0n) is 18.3. The highest BCUT2D eigenvalue weighted by molar-refractivity contribution is 5.94. The molecule has 1 saturated carbocycles. The topological polar surface area (TPSA) is 83.4 Å². The van der Waals surface area contributed by atoms with E-state index in [4.69, 9.17) is 0 Å². The molecule has 32 heavy (non-hydrogen) atoms. The molecular weight excluding hydrogens is 404 g/mol. The number of nitrogens with one attached hydrogen (secondary N) is 2. The number of anilines is 1. The van der Waals surface area contributed by atoms with E-state index in [1.807, 2.05) is 41.3 Å². The predicted octanol–water partition coefficient (Wildman–Crippen LogP) is 3.56. The molecule has 7 heteroatoms. The van der Waals surface area contributed by atoms with Crippen molar-refractivity contribution in [2.24, 2.45) is 5.92 Å². The summed E-state index contributed by atoms with van der Waals surface area (Å²) < 4.78 is 1.80. The maximum Gasteiger partial charge on any atom is 0.319 e. The summed E-state index contributed by atoms with van der Waals surface area (Å²) in [5.41, 5.74) is 1.82. The highest BCUT2D eigenvalue weighted by Gasteiger charge is 2.37. The van der Waals surface area contributed by atoms with Crippen molar-refractivity contribution in [1.29, 1.82) is 0 Å². The fourth-order valence-corrected chi connectivity index (χ4v) is 5.56. The second kappa shape index (κ2) is 8.81. The summed E-state index contributed by atoms with van der Waals surface area (Å²) in [6.07, 6.45) is 6.48. The number of nitrogens with zero attached hydrogens (tertiary/aromatic N) is 2. The molecule has 3 heterocycles. The van der Waals surface area contributed by atoms with E-state index >= 15 is 0 Å². The minimum Gasteiger partial charge on any atom is -0.338 e. The summed E-state index contributed by atoms with van der Waals surface area (Å²) in [6.45, 7) is 1.83. The van der Waals surface area contributed by atoms with Crippen LogP contribution in [0.15, 0.2) is 47.3 Å². The van der Waals surface area contributed by atoms with E-state index in [-0.39, 0.29) is 35.4 Å². The first-order chi connectivity index (χ1) is 15.6. The molecule has 1 aliphatic carbocycles. The van der Waals surface area contributed by atoms with Gasteiger partial charge in [0.2, 0.25) is 0 Å². The molecule has 5 rings (SSSR count). The fourth-order valence-electron chi connectivity index (χ4n) is 5.56. The van der Waals surface area contributed by atoms with Gasteiger partial charge in [-0.25, -0.2) is 4.79 Å². The number of hydrogen-bond donors (Lipinski definition) is 2. The van der Waals surface area contributed by atoms with Crippen LogP contribution in [0.3, 0.4) is 0 Å². The number of fused-ring (bicyclic) bond motifs is 4. The van der Waals surface area contributed by atoms with E-state index in [0.717, 1.165) is 37.8 Å². The number of amides is 3. The van der Waals surface area contributed by atoms with Gasteiger partial charge in [0.1, 0.15) is 5.69 Å². The number of benzene rings is 1. The second-order valence-electron chi connectivity index (χ2n) is 9.40. The molecule has 3 amide bonds. The standard InChI is InChI=1S/C25H30N4O3/c30-23(18-7-3-1-4-8-18)28-14-17-13-19(16-28)22-12-11-21(24(31)29(22)15-17)27-25(32)26-20-9-5-2-6-10-20/h1,3-4,7-8,11-12,17,19-20H,2,5-6,9-10,13-16H2,(H2,26,27,32)/t17-,19+/m0/s1. The number of pyridine rings is 1. The number of hydrogen-bond acceptors (Lipinski definition) is 3. The largest absolute Gasteiger partial charge is 0.338 e. The lowest BCUT2D eigenvalue weighted by Gasteiger charge is -2.43. The van der Waals surface area contributed by atoms with Gasteiger partial charge in [-0.3, -0.25) is 9.59 Å². The Labute approximate surface area is 187 Å². The van der Waals surface area contributed by atoms with Gasteiger partial charge in [-0.15, -0.1) is 0 Å². The van der Waals surface area contributed by atoms with E-state index in [9.17, 15) is 14.4 Å².